The lowest BCUT2D eigenvalue weighted by molar-refractivity contribution is 0.106. The SMILES string of the molecule is CCOCCOc1nc(-c2ccc(C)cc2)n(-c2ccc(NC[C@@H](O)Cc3ccccc3)cc2)n1. The Hall–Kier alpha value is -3.68. The van der Waals surface area contributed by atoms with Crippen molar-refractivity contribution in [1.29, 1.82) is 0 Å². The molecule has 0 unspecified atom stereocenters. The Kier molecular flexibility index (Phi) is 8.48. The van der Waals surface area contributed by atoms with E-state index in [1.165, 1.54) is 5.56 Å². The van der Waals surface area contributed by atoms with Gasteiger partial charge in [0.15, 0.2) is 5.82 Å². The first kappa shape index (κ1) is 24.4. The van der Waals surface area contributed by atoms with Crippen molar-refractivity contribution in [1.82, 2.24) is 14.8 Å². The lowest BCUT2D eigenvalue weighted by atomic mass is 10.1. The second-order valence-electron chi connectivity index (χ2n) is 8.31. The molecule has 3 aromatic carbocycles. The van der Waals surface area contributed by atoms with Gasteiger partial charge in [-0.15, -0.1) is 5.10 Å². The fraction of sp³-hybridized carbons (Fsp3) is 0.286. The molecule has 0 saturated carbocycles. The standard InChI is InChI=1S/C28H32N4O3/c1-3-34-17-18-35-28-30-27(23-11-9-21(2)10-12-23)32(31-28)25-15-13-24(14-16-25)29-20-26(33)19-22-7-5-4-6-8-22/h4-16,26,29,33H,3,17-20H2,1-2H3/t26-/m0/s1. The maximum absolute atomic E-state index is 10.4. The Bertz CT molecular complexity index is 1180. The normalized spacial score (nSPS) is 11.9. The quantitative estimate of drug-likeness (QED) is 0.292. The number of nitrogens with zero attached hydrogens (tertiary/aromatic N) is 3. The molecule has 0 fully saturated rings. The minimum atomic E-state index is -0.475. The third-order valence-corrected chi connectivity index (χ3v) is 5.53. The van der Waals surface area contributed by atoms with Gasteiger partial charge in [0.2, 0.25) is 0 Å². The number of benzene rings is 3. The Labute approximate surface area is 206 Å². The average molecular weight is 473 g/mol. The van der Waals surface area contributed by atoms with E-state index in [2.05, 4.69) is 34.5 Å². The zero-order chi connectivity index (χ0) is 24.5. The summed E-state index contributed by atoms with van der Waals surface area (Å²) < 4.78 is 12.9. The average Bonchev–Trinajstić information content (AvgIpc) is 3.31. The summed E-state index contributed by atoms with van der Waals surface area (Å²) in [6, 6.07) is 26.4. The van der Waals surface area contributed by atoms with Crippen molar-refractivity contribution in [3.8, 4) is 23.1 Å². The van der Waals surface area contributed by atoms with Gasteiger partial charge in [0, 0.05) is 30.8 Å². The number of aliphatic hydroxyl groups excluding tert-OH is 1. The van der Waals surface area contributed by atoms with Crippen LogP contribution >= 0.6 is 0 Å². The molecule has 35 heavy (non-hydrogen) atoms. The van der Waals surface area contributed by atoms with Crippen LogP contribution in [0.3, 0.4) is 0 Å². The maximum atomic E-state index is 10.4. The topological polar surface area (TPSA) is 81.4 Å². The summed E-state index contributed by atoms with van der Waals surface area (Å²) in [5.74, 6) is 0.704. The van der Waals surface area contributed by atoms with Crippen LogP contribution in [0.4, 0.5) is 5.69 Å². The molecule has 7 heteroatoms. The number of hydrogen-bond donors (Lipinski definition) is 2. The molecule has 0 aliphatic heterocycles. The lowest BCUT2D eigenvalue weighted by Gasteiger charge is -2.13. The van der Waals surface area contributed by atoms with Crippen LogP contribution < -0.4 is 10.1 Å². The first-order valence-corrected chi connectivity index (χ1v) is 11.9. The molecule has 1 aromatic heterocycles. The molecule has 0 amide bonds. The Morgan fingerprint density at radius 3 is 2.40 bits per heavy atom. The molecule has 1 atom stereocenters. The number of hydrogen-bond acceptors (Lipinski definition) is 6. The summed E-state index contributed by atoms with van der Waals surface area (Å²) >= 11 is 0. The van der Waals surface area contributed by atoms with Gasteiger partial charge in [-0.25, -0.2) is 4.68 Å². The zero-order valence-electron chi connectivity index (χ0n) is 20.2. The highest BCUT2D eigenvalue weighted by molar-refractivity contribution is 5.60. The van der Waals surface area contributed by atoms with Gasteiger partial charge in [0.05, 0.1) is 18.4 Å². The van der Waals surface area contributed by atoms with Crippen molar-refractivity contribution in [2.75, 3.05) is 31.7 Å². The Balaban J connectivity index is 1.46. The van der Waals surface area contributed by atoms with E-state index in [0.29, 0.717) is 44.6 Å². The van der Waals surface area contributed by atoms with Crippen LogP contribution in [0.15, 0.2) is 78.9 Å². The number of aromatic nitrogens is 3. The minimum absolute atomic E-state index is 0.312. The van der Waals surface area contributed by atoms with Gasteiger partial charge >= 0.3 is 6.01 Å². The summed E-state index contributed by atoms with van der Waals surface area (Å²) in [5.41, 5.74) is 5.03. The van der Waals surface area contributed by atoms with Crippen LogP contribution in [0.1, 0.15) is 18.1 Å². The molecule has 0 radical (unpaired) electrons. The number of anilines is 1. The molecule has 2 N–H and O–H groups in total. The van der Waals surface area contributed by atoms with E-state index < -0.39 is 6.10 Å². The molecule has 0 aliphatic rings. The van der Waals surface area contributed by atoms with Crippen LogP contribution in [-0.2, 0) is 11.2 Å². The molecule has 0 aliphatic carbocycles. The van der Waals surface area contributed by atoms with Gasteiger partial charge in [-0.05, 0) is 43.7 Å². The van der Waals surface area contributed by atoms with Crippen LogP contribution in [-0.4, -0.2) is 52.3 Å². The Morgan fingerprint density at radius 2 is 1.69 bits per heavy atom. The van der Waals surface area contributed by atoms with Crippen LogP contribution in [0.5, 0.6) is 6.01 Å². The van der Waals surface area contributed by atoms with Crippen molar-refractivity contribution in [2.45, 2.75) is 26.4 Å². The first-order chi connectivity index (χ1) is 17.1. The fourth-order valence-electron chi connectivity index (χ4n) is 3.67. The van der Waals surface area contributed by atoms with E-state index in [1.807, 2.05) is 73.7 Å². The minimum Gasteiger partial charge on any atom is -0.460 e. The van der Waals surface area contributed by atoms with E-state index in [9.17, 15) is 5.11 Å². The van der Waals surface area contributed by atoms with E-state index in [4.69, 9.17) is 9.47 Å². The van der Waals surface area contributed by atoms with Crippen molar-refractivity contribution < 1.29 is 14.6 Å². The monoisotopic (exact) mass is 472 g/mol. The molecule has 0 spiro atoms. The molecule has 0 saturated heterocycles. The highest BCUT2D eigenvalue weighted by Gasteiger charge is 2.15. The van der Waals surface area contributed by atoms with E-state index in [1.54, 1.807) is 4.68 Å². The van der Waals surface area contributed by atoms with E-state index in [-0.39, 0.29) is 0 Å². The molecule has 7 nitrogen and oxygen atoms in total. The number of aryl methyl sites for hydroxylation is 1. The van der Waals surface area contributed by atoms with Gasteiger partial charge in [-0.2, -0.15) is 4.98 Å². The molecule has 182 valence electrons. The van der Waals surface area contributed by atoms with Gasteiger partial charge in [-0.3, -0.25) is 0 Å². The smallest absolute Gasteiger partial charge is 0.336 e. The third kappa shape index (κ3) is 6.91. The zero-order valence-corrected chi connectivity index (χ0v) is 20.2. The first-order valence-electron chi connectivity index (χ1n) is 11.9. The van der Waals surface area contributed by atoms with Crippen LogP contribution in [0.25, 0.3) is 17.1 Å². The van der Waals surface area contributed by atoms with Crippen molar-refractivity contribution in [3.05, 3.63) is 90.0 Å². The molecule has 4 aromatic rings. The molecule has 0 bridgehead atoms. The van der Waals surface area contributed by atoms with Gasteiger partial charge < -0.3 is 19.9 Å². The van der Waals surface area contributed by atoms with E-state index in [0.717, 1.165) is 22.5 Å². The summed E-state index contributed by atoms with van der Waals surface area (Å²) in [7, 11) is 0. The highest BCUT2D eigenvalue weighted by Crippen LogP contribution is 2.25. The predicted molar refractivity (Wildman–Crippen MR) is 138 cm³/mol. The highest BCUT2D eigenvalue weighted by atomic mass is 16.5. The second kappa shape index (κ2) is 12.1. The van der Waals surface area contributed by atoms with E-state index >= 15 is 0 Å². The number of ether oxygens (including phenoxy) is 2. The molecule has 4 rings (SSSR count). The summed E-state index contributed by atoms with van der Waals surface area (Å²) in [6.45, 7) is 5.98. The number of nitrogens with one attached hydrogen (secondary N) is 1. The summed E-state index contributed by atoms with van der Waals surface area (Å²) in [5, 5.41) is 18.3. The third-order valence-electron chi connectivity index (χ3n) is 5.53. The lowest BCUT2D eigenvalue weighted by Crippen LogP contribution is -2.21. The van der Waals surface area contributed by atoms with Crippen LogP contribution in [0, 0.1) is 6.92 Å². The van der Waals surface area contributed by atoms with Crippen LogP contribution in [0.2, 0.25) is 0 Å². The van der Waals surface area contributed by atoms with Crippen molar-refractivity contribution in [3.63, 3.8) is 0 Å². The van der Waals surface area contributed by atoms with Crippen molar-refractivity contribution in [2.24, 2.45) is 0 Å². The number of aliphatic hydroxyl groups is 1. The van der Waals surface area contributed by atoms with Gasteiger partial charge in [0.25, 0.3) is 0 Å². The second-order valence-corrected chi connectivity index (χ2v) is 8.31. The number of rotatable bonds is 12. The summed E-state index contributed by atoms with van der Waals surface area (Å²) in [6.07, 6.45) is 0.133. The predicted octanol–water partition coefficient (Wildman–Crippen LogP) is 4.67. The maximum Gasteiger partial charge on any atom is 0.336 e. The van der Waals surface area contributed by atoms with Gasteiger partial charge in [0.1, 0.15) is 6.61 Å². The van der Waals surface area contributed by atoms with Crippen molar-refractivity contribution >= 4 is 5.69 Å². The molecular weight excluding hydrogens is 440 g/mol. The molecular formula is C28H32N4O3. The van der Waals surface area contributed by atoms with Gasteiger partial charge in [-0.1, -0.05) is 60.2 Å². The largest absolute Gasteiger partial charge is 0.460 e. The molecule has 1 heterocycles. The fourth-order valence-corrected chi connectivity index (χ4v) is 3.67. The summed E-state index contributed by atoms with van der Waals surface area (Å²) in [4.78, 5) is 4.63. The Morgan fingerprint density at radius 1 is 0.943 bits per heavy atom.